The van der Waals surface area contributed by atoms with Gasteiger partial charge in [0.15, 0.2) is 11.4 Å². The van der Waals surface area contributed by atoms with Crippen LogP contribution in [-0.2, 0) is 9.84 Å². The third-order valence-electron chi connectivity index (χ3n) is 4.19. The van der Waals surface area contributed by atoms with Crippen LogP contribution in [0.15, 0.2) is 18.3 Å². The topological polar surface area (TPSA) is 89.8 Å². The number of aryl methyl sites for hydroxylation is 1. The number of hydrogen-bond acceptors (Lipinski definition) is 5. The average Bonchev–Trinajstić information content (AvgIpc) is 2.87. The van der Waals surface area contributed by atoms with E-state index in [0.29, 0.717) is 42.2 Å². The molecule has 0 aliphatic carbocycles. The Morgan fingerprint density at radius 3 is 2.79 bits per heavy atom. The lowest BCUT2D eigenvalue weighted by Crippen LogP contribution is -2.41. The van der Waals surface area contributed by atoms with Crippen molar-refractivity contribution in [3.63, 3.8) is 0 Å². The number of amides is 1. The molecular weight excluding hydrogens is 330 g/mol. The van der Waals surface area contributed by atoms with Crippen LogP contribution < -0.4 is 10.1 Å². The maximum atomic E-state index is 12.7. The first-order valence-electron chi connectivity index (χ1n) is 8.03. The number of carbonyl (C=O) groups is 1. The number of fused-ring (bicyclic) bond motifs is 1. The van der Waals surface area contributed by atoms with Crippen molar-refractivity contribution in [3.8, 4) is 5.75 Å². The molecule has 2 aromatic heterocycles. The number of carbonyl (C=O) groups excluding carboxylic acids is 1. The fourth-order valence-corrected chi connectivity index (χ4v) is 4.48. The predicted octanol–water partition coefficient (Wildman–Crippen LogP) is 1.35. The van der Waals surface area contributed by atoms with Crippen LogP contribution in [0.5, 0.6) is 5.75 Å². The highest BCUT2D eigenvalue weighted by molar-refractivity contribution is 7.91. The number of nitrogens with one attached hydrogen (secondary N) is 1. The van der Waals surface area contributed by atoms with Gasteiger partial charge in [0.25, 0.3) is 5.91 Å². The number of imidazole rings is 1. The molecule has 24 heavy (non-hydrogen) atoms. The Bertz CT molecular complexity index is 859. The van der Waals surface area contributed by atoms with Crippen molar-refractivity contribution >= 4 is 21.4 Å². The van der Waals surface area contributed by atoms with Crippen molar-refractivity contribution in [1.29, 1.82) is 0 Å². The van der Waals surface area contributed by atoms with E-state index in [0.717, 1.165) is 0 Å². The molecule has 1 N–H and O–H groups in total. The molecule has 0 aromatic carbocycles. The second-order valence-electron chi connectivity index (χ2n) is 5.94. The van der Waals surface area contributed by atoms with Gasteiger partial charge in [-0.25, -0.2) is 13.4 Å². The highest BCUT2D eigenvalue weighted by atomic mass is 32.2. The number of ether oxygens (including phenoxy) is 1. The molecule has 1 fully saturated rings. The molecule has 7 nitrogen and oxygen atoms in total. The van der Waals surface area contributed by atoms with Crippen LogP contribution in [0.3, 0.4) is 0 Å². The number of pyridine rings is 1. The van der Waals surface area contributed by atoms with Crippen molar-refractivity contribution in [2.24, 2.45) is 0 Å². The molecule has 0 unspecified atom stereocenters. The first-order valence-corrected chi connectivity index (χ1v) is 9.85. The van der Waals surface area contributed by atoms with Gasteiger partial charge < -0.3 is 10.1 Å². The van der Waals surface area contributed by atoms with Crippen LogP contribution in [0.25, 0.3) is 5.65 Å². The summed E-state index contributed by atoms with van der Waals surface area (Å²) < 4.78 is 30.3. The van der Waals surface area contributed by atoms with Crippen molar-refractivity contribution in [2.75, 3.05) is 18.1 Å². The van der Waals surface area contributed by atoms with Crippen molar-refractivity contribution < 1.29 is 17.9 Å². The smallest absolute Gasteiger partial charge is 0.270 e. The highest BCUT2D eigenvalue weighted by Gasteiger charge is 2.27. The second kappa shape index (κ2) is 6.43. The fourth-order valence-electron chi connectivity index (χ4n) is 2.99. The minimum atomic E-state index is -2.95. The normalized spacial score (nSPS) is 17.8. The maximum absolute atomic E-state index is 12.7. The molecule has 0 bridgehead atoms. The van der Waals surface area contributed by atoms with Gasteiger partial charge in [0.05, 0.1) is 23.8 Å². The summed E-state index contributed by atoms with van der Waals surface area (Å²) in [6, 6.07) is 3.50. The number of aromatic nitrogens is 2. The van der Waals surface area contributed by atoms with Gasteiger partial charge in [-0.05, 0) is 38.8 Å². The maximum Gasteiger partial charge on any atom is 0.270 e. The third-order valence-corrected chi connectivity index (χ3v) is 5.91. The Hall–Kier alpha value is -2.09. The van der Waals surface area contributed by atoms with E-state index >= 15 is 0 Å². The monoisotopic (exact) mass is 351 g/mol. The van der Waals surface area contributed by atoms with E-state index in [1.54, 1.807) is 17.5 Å². The summed E-state index contributed by atoms with van der Waals surface area (Å²) in [6.07, 6.45) is 2.68. The quantitative estimate of drug-likeness (QED) is 0.898. The zero-order valence-electron chi connectivity index (χ0n) is 13.8. The lowest BCUT2D eigenvalue weighted by molar-refractivity contribution is 0.0927. The van der Waals surface area contributed by atoms with E-state index in [9.17, 15) is 13.2 Å². The number of nitrogens with zero attached hydrogens (tertiary/aromatic N) is 2. The van der Waals surface area contributed by atoms with Gasteiger partial charge in [-0.15, -0.1) is 0 Å². The van der Waals surface area contributed by atoms with Crippen molar-refractivity contribution in [1.82, 2.24) is 14.7 Å². The SMILES string of the molecule is CCOc1cccn2c(C(=O)NC3CCS(=O)(=O)CC3)c(C)nc12. The molecule has 3 heterocycles. The highest BCUT2D eigenvalue weighted by Crippen LogP contribution is 2.22. The molecule has 0 radical (unpaired) electrons. The molecule has 8 heteroatoms. The first kappa shape index (κ1) is 16.8. The molecule has 3 rings (SSSR count). The van der Waals surface area contributed by atoms with Gasteiger partial charge in [0.1, 0.15) is 15.5 Å². The molecular formula is C16H21N3O4S. The van der Waals surface area contributed by atoms with Crippen LogP contribution in [0.1, 0.15) is 35.9 Å². The predicted molar refractivity (Wildman–Crippen MR) is 90.2 cm³/mol. The Balaban J connectivity index is 1.85. The molecule has 0 spiro atoms. The lowest BCUT2D eigenvalue weighted by Gasteiger charge is -2.23. The minimum Gasteiger partial charge on any atom is -0.490 e. The average molecular weight is 351 g/mol. The Kier molecular flexibility index (Phi) is 4.49. The molecule has 0 atom stereocenters. The van der Waals surface area contributed by atoms with Gasteiger partial charge in [-0.3, -0.25) is 9.20 Å². The first-order chi connectivity index (χ1) is 11.4. The Labute approximate surface area is 140 Å². The van der Waals surface area contributed by atoms with Gasteiger partial charge in [-0.1, -0.05) is 0 Å². The van der Waals surface area contributed by atoms with E-state index in [4.69, 9.17) is 4.74 Å². The number of sulfone groups is 1. The molecule has 1 aliphatic heterocycles. The zero-order valence-corrected chi connectivity index (χ0v) is 14.6. The van der Waals surface area contributed by atoms with E-state index in [2.05, 4.69) is 10.3 Å². The van der Waals surface area contributed by atoms with Crippen LogP contribution >= 0.6 is 0 Å². The molecule has 1 aliphatic rings. The van der Waals surface area contributed by atoms with Crippen LogP contribution in [0.2, 0.25) is 0 Å². The standard InChI is InChI=1S/C16H21N3O4S/c1-3-23-13-5-4-8-19-14(11(2)17-15(13)19)16(20)18-12-6-9-24(21,22)10-7-12/h4-5,8,12H,3,6-7,9-10H2,1-2H3,(H,18,20). The zero-order chi connectivity index (χ0) is 17.3. The van der Waals surface area contributed by atoms with Crippen LogP contribution in [0, 0.1) is 6.92 Å². The molecule has 2 aromatic rings. The van der Waals surface area contributed by atoms with Crippen molar-refractivity contribution in [3.05, 3.63) is 29.7 Å². The van der Waals surface area contributed by atoms with Crippen molar-refractivity contribution in [2.45, 2.75) is 32.7 Å². The summed E-state index contributed by atoms with van der Waals surface area (Å²) in [5, 5.41) is 2.94. The van der Waals surface area contributed by atoms with Gasteiger partial charge >= 0.3 is 0 Å². The Morgan fingerprint density at radius 2 is 2.12 bits per heavy atom. The molecule has 130 valence electrons. The summed E-state index contributed by atoms with van der Waals surface area (Å²) in [4.78, 5) is 17.1. The molecule has 1 amide bonds. The van der Waals surface area contributed by atoms with Crippen LogP contribution in [0.4, 0.5) is 0 Å². The summed E-state index contributed by atoms with van der Waals surface area (Å²) in [5.74, 6) is 0.640. The largest absolute Gasteiger partial charge is 0.490 e. The summed E-state index contributed by atoms with van der Waals surface area (Å²) in [5.41, 5.74) is 1.68. The van der Waals surface area contributed by atoms with Gasteiger partial charge in [0, 0.05) is 12.2 Å². The van der Waals surface area contributed by atoms with Crippen LogP contribution in [-0.4, -0.2) is 47.9 Å². The van der Waals surface area contributed by atoms with Gasteiger partial charge in [-0.2, -0.15) is 0 Å². The minimum absolute atomic E-state index is 0.124. The van der Waals surface area contributed by atoms with E-state index in [1.807, 2.05) is 19.1 Å². The van der Waals surface area contributed by atoms with E-state index in [-0.39, 0.29) is 23.5 Å². The fraction of sp³-hybridized carbons (Fsp3) is 0.500. The van der Waals surface area contributed by atoms with Gasteiger partial charge in [0.2, 0.25) is 0 Å². The van der Waals surface area contributed by atoms with E-state index in [1.165, 1.54) is 0 Å². The summed E-state index contributed by atoms with van der Waals surface area (Å²) >= 11 is 0. The number of rotatable bonds is 4. The molecule has 1 saturated heterocycles. The lowest BCUT2D eigenvalue weighted by atomic mass is 10.1. The van der Waals surface area contributed by atoms with E-state index < -0.39 is 9.84 Å². The second-order valence-corrected chi connectivity index (χ2v) is 8.25. The summed E-state index contributed by atoms with van der Waals surface area (Å²) in [7, 11) is -2.95. The summed E-state index contributed by atoms with van der Waals surface area (Å²) in [6.45, 7) is 4.19. The molecule has 0 saturated carbocycles. The Morgan fingerprint density at radius 1 is 1.42 bits per heavy atom. The number of hydrogen-bond donors (Lipinski definition) is 1. The third kappa shape index (κ3) is 3.24.